The molecule has 2 N–H and O–H groups in total. The summed E-state index contributed by atoms with van der Waals surface area (Å²) >= 11 is 0. The lowest BCUT2D eigenvalue weighted by atomic mass is 9.96. The third-order valence-electron chi connectivity index (χ3n) is 4.46. The molecule has 5 nitrogen and oxygen atoms in total. The fourth-order valence-electron chi connectivity index (χ4n) is 3.10. The van der Waals surface area contributed by atoms with E-state index in [2.05, 4.69) is 17.0 Å². The van der Waals surface area contributed by atoms with Gasteiger partial charge in [-0.3, -0.25) is 0 Å². The number of ether oxygens (including phenoxy) is 1. The second-order valence-electron chi connectivity index (χ2n) is 6.14. The molecule has 122 valence electrons. The summed E-state index contributed by atoms with van der Waals surface area (Å²) in [6.07, 6.45) is 6.35. The van der Waals surface area contributed by atoms with Gasteiger partial charge in [-0.1, -0.05) is 26.2 Å². The van der Waals surface area contributed by atoms with E-state index in [9.17, 15) is 8.42 Å². The zero-order valence-corrected chi connectivity index (χ0v) is 13.8. The molecule has 2 aliphatic rings. The quantitative estimate of drug-likeness (QED) is 0.893. The van der Waals surface area contributed by atoms with Crippen LogP contribution in [0.2, 0.25) is 0 Å². The molecule has 1 aliphatic carbocycles. The van der Waals surface area contributed by atoms with Crippen LogP contribution in [-0.4, -0.2) is 27.1 Å². The van der Waals surface area contributed by atoms with Crippen LogP contribution in [0.5, 0.6) is 5.75 Å². The number of nitrogens with one attached hydrogen (secondary N) is 2. The molecule has 0 bridgehead atoms. The van der Waals surface area contributed by atoms with Gasteiger partial charge in [0.15, 0.2) is 0 Å². The van der Waals surface area contributed by atoms with E-state index in [-0.39, 0.29) is 12.1 Å². The minimum Gasteiger partial charge on any atom is -0.486 e. The van der Waals surface area contributed by atoms with Crippen LogP contribution < -0.4 is 14.8 Å². The summed E-state index contributed by atoms with van der Waals surface area (Å²) in [4.78, 5) is 0.308. The van der Waals surface area contributed by atoms with Crippen LogP contribution in [0.3, 0.4) is 0 Å². The van der Waals surface area contributed by atoms with Crippen molar-refractivity contribution in [3.05, 3.63) is 18.2 Å². The number of sulfonamides is 1. The van der Waals surface area contributed by atoms with E-state index in [0.29, 0.717) is 11.4 Å². The van der Waals surface area contributed by atoms with Gasteiger partial charge in [-0.15, -0.1) is 0 Å². The van der Waals surface area contributed by atoms with Gasteiger partial charge in [0.2, 0.25) is 10.0 Å². The van der Waals surface area contributed by atoms with Crippen molar-refractivity contribution in [3.8, 4) is 5.75 Å². The Kier molecular flexibility index (Phi) is 4.59. The first-order chi connectivity index (χ1) is 10.6. The minimum absolute atomic E-state index is 0.0727. The molecule has 1 aromatic rings. The smallest absolute Gasteiger partial charge is 0.240 e. The zero-order chi connectivity index (χ0) is 15.6. The Bertz CT molecular complexity index is 624. The molecule has 1 unspecified atom stereocenters. The molecule has 1 aliphatic heterocycles. The number of rotatable bonds is 4. The molecule has 1 aromatic carbocycles. The molecule has 3 rings (SSSR count). The number of fused-ring (bicyclic) bond motifs is 1. The molecule has 1 atom stereocenters. The lowest BCUT2D eigenvalue weighted by molar-refractivity contribution is 0.201. The normalized spacial score (nSPS) is 22.5. The first kappa shape index (κ1) is 15.6. The molecule has 1 heterocycles. The van der Waals surface area contributed by atoms with Gasteiger partial charge in [0.25, 0.3) is 0 Å². The fraction of sp³-hybridized carbons (Fsp3) is 0.625. The van der Waals surface area contributed by atoms with Gasteiger partial charge < -0.3 is 10.1 Å². The second-order valence-corrected chi connectivity index (χ2v) is 7.86. The molecular formula is C16H24N2O3S. The summed E-state index contributed by atoms with van der Waals surface area (Å²) in [5, 5.41) is 3.26. The Morgan fingerprint density at radius 2 is 2.05 bits per heavy atom. The molecule has 0 spiro atoms. The molecule has 0 aromatic heterocycles. The Hall–Kier alpha value is -1.27. The monoisotopic (exact) mass is 324 g/mol. The van der Waals surface area contributed by atoms with Crippen LogP contribution in [-0.2, 0) is 10.0 Å². The first-order valence-electron chi connectivity index (χ1n) is 8.15. The Balaban J connectivity index is 1.76. The lowest BCUT2D eigenvalue weighted by Gasteiger charge is -2.27. The fourth-order valence-corrected chi connectivity index (χ4v) is 4.43. The van der Waals surface area contributed by atoms with Gasteiger partial charge in [0.1, 0.15) is 11.9 Å². The number of hydrogen-bond donors (Lipinski definition) is 2. The van der Waals surface area contributed by atoms with Crippen molar-refractivity contribution in [1.82, 2.24) is 4.72 Å². The van der Waals surface area contributed by atoms with Crippen molar-refractivity contribution in [2.75, 3.05) is 11.9 Å². The summed E-state index contributed by atoms with van der Waals surface area (Å²) in [7, 11) is -3.46. The molecule has 6 heteroatoms. The highest BCUT2D eigenvalue weighted by Crippen LogP contribution is 2.32. The van der Waals surface area contributed by atoms with Crippen molar-refractivity contribution in [3.63, 3.8) is 0 Å². The maximum absolute atomic E-state index is 12.5. The standard InChI is InChI=1S/C16H24N2O3S/c1-2-13-11-17-15-10-14(8-9-16(15)21-13)22(19,20)18-12-6-4-3-5-7-12/h8-10,12-13,17-18H,2-7,11H2,1H3. The molecule has 0 radical (unpaired) electrons. The molecule has 1 saturated carbocycles. The van der Waals surface area contributed by atoms with Crippen molar-refractivity contribution < 1.29 is 13.2 Å². The van der Waals surface area contributed by atoms with Crippen LogP contribution in [0.15, 0.2) is 23.1 Å². The van der Waals surface area contributed by atoms with E-state index in [0.717, 1.165) is 43.5 Å². The second kappa shape index (κ2) is 6.46. The van der Waals surface area contributed by atoms with Crippen LogP contribution in [0.25, 0.3) is 0 Å². The average Bonchev–Trinajstić information content (AvgIpc) is 2.54. The van der Waals surface area contributed by atoms with Crippen molar-refractivity contribution in [2.45, 2.75) is 62.5 Å². The number of benzene rings is 1. The summed E-state index contributed by atoms with van der Waals surface area (Å²) < 4.78 is 33.7. The third-order valence-corrected chi connectivity index (χ3v) is 5.98. The van der Waals surface area contributed by atoms with Gasteiger partial charge in [-0.25, -0.2) is 13.1 Å². The maximum Gasteiger partial charge on any atom is 0.240 e. The number of anilines is 1. The van der Waals surface area contributed by atoms with Gasteiger partial charge >= 0.3 is 0 Å². The van der Waals surface area contributed by atoms with Gasteiger partial charge in [0, 0.05) is 6.04 Å². The van der Waals surface area contributed by atoms with E-state index >= 15 is 0 Å². The topological polar surface area (TPSA) is 67.4 Å². The highest BCUT2D eigenvalue weighted by molar-refractivity contribution is 7.89. The van der Waals surface area contributed by atoms with E-state index < -0.39 is 10.0 Å². The molecule has 22 heavy (non-hydrogen) atoms. The van der Waals surface area contributed by atoms with E-state index in [4.69, 9.17) is 4.74 Å². The third kappa shape index (κ3) is 3.38. The van der Waals surface area contributed by atoms with Gasteiger partial charge in [-0.05, 0) is 37.5 Å². The number of hydrogen-bond acceptors (Lipinski definition) is 4. The van der Waals surface area contributed by atoms with E-state index in [1.54, 1.807) is 18.2 Å². The summed E-state index contributed by atoms with van der Waals surface area (Å²) in [6.45, 7) is 2.79. The molecule has 1 fully saturated rings. The molecule has 0 amide bonds. The Morgan fingerprint density at radius 1 is 1.27 bits per heavy atom. The first-order valence-corrected chi connectivity index (χ1v) is 9.63. The van der Waals surface area contributed by atoms with Gasteiger partial charge in [0.05, 0.1) is 17.1 Å². The minimum atomic E-state index is -3.46. The van der Waals surface area contributed by atoms with E-state index in [1.165, 1.54) is 6.42 Å². The van der Waals surface area contributed by atoms with Crippen LogP contribution >= 0.6 is 0 Å². The van der Waals surface area contributed by atoms with Crippen LogP contribution in [0.1, 0.15) is 45.4 Å². The van der Waals surface area contributed by atoms with Crippen molar-refractivity contribution in [2.24, 2.45) is 0 Å². The molecular weight excluding hydrogens is 300 g/mol. The van der Waals surface area contributed by atoms with Crippen LogP contribution in [0, 0.1) is 0 Å². The van der Waals surface area contributed by atoms with E-state index in [1.807, 2.05) is 0 Å². The largest absolute Gasteiger partial charge is 0.486 e. The summed E-state index contributed by atoms with van der Waals surface area (Å²) in [5.41, 5.74) is 0.760. The van der Waals surface area contributed by atoms with Gasteiger partial charge in [-0.2, -0.15) is 0 Å². The zero-order valence-electron chi connectivity index (χ0n) is 13.0. The van der Waals surface area contributed by atoms with Crippen molar-refractivity contribution in [1.29, 1.82) is 0 Å². The predicted octanol–water partition coefficient (Wildman–Crippen LogP) is 2.88. The maximum atomic E-state index is 12.5. The van der Waals surface area contributed by atoms with Crippen LogP contribution in [0.4, 0.5) is 5.69 Å². The average molecular weight is 324 g/mol. The Morgan fingerprint density at radius 3 is 2.77 bits per heavy atom. The summed E-state index contributed by atoms with van der Waals surface area (Å²) in [5.74, 6) is 0.731. The highest BCUT2D eigenvalue weighted by atomic mass is 32.2. The predicted molar refractivity (Wildman–Crippen MR) is 86.8 cm³/mol. The summed E-state index contributed by atoms with van der Waals surface area (Å²) in [6, 6.07) is 5.12. The molecule has 0 saturated heterocycles. The lowest BCUT2D eigenvalue weighted by Crippen LogP contribution is -2.36. The SMILES string of the molecule is CCC1CNc2cc(S(=O)(=O)NC3CCCCC3)ccc2O1. The highest BCUT2D eigenvalue weighted by Gasteiger charge is 2.24. The van der Waals surface area contributed by atoms with Crippen molar-refractivity contribution >= 4 is 15.7 Å². The Labute approximate surface area is 132 Å².